The van der Waals surface area contributed by atoms with Crippen LogP contribution in [0.4, 0.5) is 8.78 Å². The van der Waals surface area contributed by atoms with Crippen LogP contribution < -0.4 is 5.32 Å². The fourth-order valence-corrected chi connectivity index (χ4v) is 2.84. The average Bonchev–Trinajstić information content (AvgIpc) is 2.67. The van der Waals surface area contributed by atoms with Crippen LogP contribution in [-0.4, -0.2) is 44.0 Å². The molecule has 0 aromatic heterocycles. The third-order valence-electron chi connectivity index (χ3n) is 3.87. The fourth-order valence-electron chi connectivity index (χ4n) is 2.84. The highest BCUT2D eigenvalue weighted by Crippen LogP contribution is 2.62. The lowest BCUT2D eigenvalue weighted by Gasteiger charge is -2.34. The zero-order chi connectivity index (χ0) is 10.5. The molecule has 0 bridgehead atoms. The summed E-state index contributed by atoms with van der Waals surface area (Å²) in [4.78, 5) is 2.06. The van der Waals surface area contributed by atoms with Crippen LogP contribution in [0.5, 0.6) is 0 Å². The molecule has 4 heteroatoms. The zero-order valence-electron chi connectivity index (χ0n) is 8.93. The van der Waals surface area contributed by atoms with E-state index in [0.717, 1.165) is 0 Å². The molecule has 0 spiro atoms. The summed E-state index contributed by atoms with van der Waals surface area (Å²) in [5.41, 5.74) is 0. The van der Waals surface area contributed by atoms with Crippen molar-refractivity contribution in [1.82, 2.24) is 10.2 Å². The molecule has 0 aromatic carbocycles. The highest BCUT2D eigenvalue weighted by Gasteiger charge is 2.70. The third kappa shape index (κ3) is 1.36. The summed E-state index contributed by atoms with van der Waals surface area (Å²) in [6.45, 7) is 0. The molecule has 0 heterocycles. The van der Waals surface area contributed by atoms with Crippen molar-refractivity contribution in [3.05, 3.63) is 0 Å². The van der Waals surface area contributed by atoms with E-state index in [-0.39, 0.29) is 23.9 Å². The van der Waals surface area contributed by atoms with Crippen LogP contribution in [0, 0.1) is 11.8 Å². The van der Waals surface area contributed by atoms with Crippen molar-refractivity contribution in [3.63, 3.8) is 0 Å². The monoisotopic (exact) mass is 204 g/mol. The minimum absolute atomic E-state index is 0.222. The first kappa shape index (κ1) is 10.3. The predicted molar refractivity (Wildman–Crippen MR) is 51.5 cm³/mol. The summed E-state index contributed by atoms with van der Waals surface area (Å²) in [6.07, 6.45) is 1.26. The SMILES string of the molecule is CN[C@@H]1C[C@@H]2[C@H](C[C@H]1N(C)C)C2(F)F. The molecule has 2 rings (SSSR count). The Bertz CT molecular complexity index is 230. The van der Waals surface area contributed by atoms with E-state index in [2.05, 4.69) is 10.2 Å². The Kier molecular flexibility index (Phi) is 2.31. The maximum Gasteiger partial charge on any atom is 0.254 e. The molecule has 2 nitrogen and oxygen atoms in total. The maximum absolute atomic E-state index is 13.2. The van der Waals surface area contributed by atoms with Crippen molar-refractivity contribution < 1.29 is 8.78 Å². The van der Waals surface area contributed by atoms with Gasteiger partial charge >= 0.3 is 0 Å². The lowest BCUT2D eigenvalue weighted by molar-refractivity contribution is 0.0837. The Morgan fingerprint density at radius 1 is 1.21 bits per heavy atom. The minimum atomic E-state index is -2.38. The normalized spacial score (nSPS) is 45.0. The summed E-state index contributed by atoms with van der Waals surface area (Å²) >= 11 is 0. The van der Waals surface area contributed by atoms with E-state index in [9.17, 15) is 8.78 Å². The van der Waals surface area contributed by atoms with Gasteiger partial charge in [-0.3, -0.25) is 0 Å². The summed E-state index contributed by atoms with van der Waals surface area (Å²) in [5.74, 6) is -3.07. The van der Waals surface area contributed by atoms with Crippen LogP contribution in [0.15, 0.2) is 0 Å². The smallest absolute Gasteiger partial charge is 0.254 e. The van der Waals surface area contributed by atoms with Crippen LogP contribution in [0.25, 0.3) is 0 Å². The molecular weight excluding hydrogens is 186 g/mol. The number of nitrogens with one attached hydrogen (secondary N) is 1. The van der Waals surface area contributed by atoms with E-state index in [4.69, 9.17) is 0 Å². The Morgan fingerprint density at radius 3 is 2.29 bits per heavy atom. The second kappa shape index (κ2) is 3.14. The largest absolute Gasteiger partial charge is 0.315 e. The predicted octanol–water partition coefficient (Wildman–Crippen LogP) is 1.18. The first-order valence-electron chi connectivity index (χ1n) is 5.20. The second-order valence-corrected chi connectivity index (χ2v) is 4.79. The van der Waals surface area contributed by atoms with E-state index in [1.54, 1.807) is 0 Å². The van der Waals surface area contributed by atoms with Crippen LogP contribution >= 0.6 is 0 Å². The molecule has 0 saturated heterocycles. The van der Waals surface area contributed by atoms with Crippen molar-refractivity contribution >= 4 is 0 Å². The van der Waals surface area contributed by atoms with Crippen molar-refractivity contribution in [2.24, 2.45) is 11.8 Å². The van der Waals surface area contributed by atoms with Crippen LogP contribution in [0.2, 0.25) is 0 Å². The molecule has 0 radical (unpaired) electrons. The second-order valence-electron chi connectivity index (χ2n) is 4.79. The van der Waals surface area contributed by atoms with E-state index in [1.807, 2.05) is 21.1 Å². The van der Waals surface area contributed by atoms with E-state index in [0.29, 0.717) is 12.8 Å². The Labute approximate surface area is 83.7 Å². The number of hydrogen-bond donors (Lipinski definition) is 1. The summed E-state index contributed by atoms with van der Waals surface area (Å²) in [5, 5.41) is 3.16. The Morgan fingerprint density at radius 2 is 1.79 bits per heavy atom. The number of halogens is 2. The van der Waals surface area contributed by atoms with Crippen molar-refractivity contribution in [3.8, 4) is 0 Å². The molecule has 82 valence electrons. The first-order chi connectivity index (χ1) is 6.48. The number of likely N-dealkylation sites (N-methyl/N-ethyl adjacent to an activating group) is 2. The number of alkyl halides is 2. The van der Waals surface area contributed by atoms with Gasteiger partial charge in [-0.15, -0.1) is 0 Å². The summed E-state index contributed by atoms with van der Waals surface area (Å²) in [6, 6.07) is 0.481. The van der Waals surface area contributed by atoms with E-state index >= 15 is 0 Å². The van der Waals surface area contributed by atoms with Gasteiger partial charge in [-0.1, -0.05) is 0 Å². The summed E-state index contributed by atoms with van der Waals surface area (Å²) in [7, 11) is 5.80. The molecule has 1 N–H and O–H groups in total. The van der Waals surface area contributed by atoms with Crippen molar-refractivity contribution in [2.75, 3.05) is 21.1 Å². The molecule has 4 atom stereocenters. The third-order valence-corrected chi connectivity index (χ3v) is 3.87. The molecule has 14 heavy (non-hydrogen) atoms. The highest BCUT2D eigenvalue weighted by atomic mass is 19.3. The lowest BCUT2D eigenvalue weighted by atomic mass is 9.90. The molecule has 2 saturated carbocycles. The standard InChI is InChI=1S/C10H18F2N2/c1-13-8-4-6-7(10(6,11)12)5-9(8)14(2)3/h6-9,13H,4-5H2,1-3H3/t6-,7+,8-,9-/m1/s1. The van der Waals surface area contributed by atoms with E-state index < -0.39 is 5.92 Å². The van der Waals surface area contributed by atoms with E-state index in [1.165, 1.54) is 0 Å². The van der Waals surface area contributed by atoms with Gasteiger partial charge < -0.3 is 10.2 Å². The van der Waals surface area contributed by atoms with Crippen LogP contribution in [-0.2, 0) is 0 Å². The molecule has 0 aliphatic heterocycles. The van der Waals surface area contributed by atoms with Crippen LogP contribution in [0.1, 0.15) is 12.8 Å². The van der Waals surface area contributed by atoms with Crippen molar-refractivity contribution in [1.29, 1.82) is 0 Å². The fraction of sp³-hybridized carbons (Fsp3) is 1.00. The Hall–Kier alpha value is -0.220. The number of nitrogens with zero attached hydrogens (tertiary/aromatic N) is 1. The average molecular weight is 204 g/mol. The Balaban J connectivity index is 2.07. The van der Waals surface area contributed by atoms with Gasteiger partial charge in [0.15, 0.2) is 0 Å². The number of hydrogen-bond acceptors (Lipinski definition) is 2. The maximum atomic E-state index is 13.2. The molecule has 0 unspecified atom stereocenters. The van der Waals surface area contributed by atoms with Gasteiger partial charge in [0.05, 0.1) is 0 Å². The molecule has 2 aliphatic carbocycles. The summed E-state index contributed by atoms with van der Waals surface area (Å²) < 4.78 is 26.4. The molecule has 2 fully saturated rings. The quantitative estimate of drug-likeness (QED) is 0.726. The lowest BCUT2D eigenvalue weighted by Crippen LogP contribution is -2.48. The topological polar surface area (TPSA) is 15.3 Å². The zero-order valence-corrected chi connectivity index (χ0v) is 8.93. The first-order valence-corrected chi connectivity index (χ1v) is 5.20. The molecular formula is C10H18F2N2. The van der Waals surface area contributed by atoms with Gasteiger partial charge in [-0.25, -0.2) is 8.78 Å². The number of rotatable bonds is 2. The van der Waals surface area contributed by atoms with Gasteiger partial charge in [0.2, 0.25) is 0 Å². The molecule has 2 aliphatic rings. The van der Waals surface area contributed by atoms with Gasteiger partial charge in [-0.05, 0) is 34.0 Å². The van der Waals surface area contributed by atoms with Gasteiger partial charge in [0.25, 0.3) is 5.92 Å². The highest BCUT2D eigenvalue weighted by molar-refractivity contribution is 5.12. The minimum Gasteiger partial charge on any atom is -0.315 e. The van der Waals surface area contributed by atoms with Gasteiger partial charge in [-0.2, -0.15) is 0 Å². The van der Waals surface area contributed by atoms with Gasteiger partial charge in [0.1, 0.15) is 0 Å². The van der Waals surface area contributed by atoms with Gasteiger partial charge in [0, 0.05) is 23.9 Å². The molecule has 0 amide bonds. The van der Waals surface area contributed by atoms with Crippen LogP contribution in [0.3, 0.4) is 0 Å². The number of fused-ring (bicyclic) bond motifs is 1. The van der Waals surface area contributed by atoms with Crippen molar-refractivity contribution in [2.45, 2.75) is 30.8 Å². The molecule has 0 aromatic rings.